The van der Waals surface area contributed by atoms with Crippen molar-refractivity contribution in [2.24, 2.45) is 0 Å². The Morgan fingerprint density at radius 1 is 0.971 bits per heavy atom. The molecular weight excluding hydrogens is 464 g/mol. The maximum atomic E-state index is 14.1. The minimum absolute atomic E-state index is 0.0681. The molecule has 0 spiro atoms. The van der Waals surface area contributed by atoms with Crippen LogP contribution in [-0.4, -0.2) is 54.7 Å². The maximum absolute atomic E-state index is 14.1. The SMILES string of the molecule is Cc1cc(C)c(C)c(S(=O)(=O)N2Cc3ccccc3CC2C(=O)OC(C)C(=O)N2CCCC2)c1C. The van der Waals surface area contributed by atoms with Gasteiger partial charge in [-0.15, -0.1) is 0 Å². The largest absolute Gasteiger partial charge is 0.451 e. The van der Waals surface area contributed by atoms with Crippen molar-refractivity contribution < 1.29 is 22.7 Å². The van der Waals surface area contributed by atoms with Crippen molar-refractivity contribution in [1.29, 1.82) is 0 Å². The summed E-state index contributed by atoms with van der Waals surface area (Å²) in [6.45, 7) is 10.3. The van der Waals surface area contributed by atoms with Crippen molar-refractivity contribution in [1.82, 2.24) is 9.21 Å². The lowest BCUT2D eigenvalue weighted by molar-refractivity contribution is -0.162. The molecule has 0 aromatic heterocycles. The summed E-state index contributed by atoms with van der Waals surface area (Å²) in [4.78, 5) is 28.1. The van der Waals surface area contributed by atoms with Crippen LogP contribution in [0.25, 0.3) is 0 Å². The zero-order chi connectivity index (χ0) is 25.5. The van der Waals surface area contributed by atoms with E-state index in [9.17, 15) is 18.0 Å². The highest BCUT2D eigenvalue weighted by Gasteiger charge is 2.43. The topological polar surface area (TPSA) is 84.0 Å². The maximum Gasteiger partial charge on any atom is 0.325 e. The predicted molar refractivity (Wildman–Crippen MR) is 133 cm³/mol. The molecule has 2 heterocycles. The Labute approximate surface area is 208 Å². The van der Waals surface area contributed by atoms with Crippen LogP contribution in [-0.2, 0) is 37.3 Å². The van der Waals surface area contributed by atoms with E-state index in [0.717, 1.165) is 35.1 Å². The number of fused-ring (bicyclic) bond motifs is 1. The lowest BCUT2D eigenvalue weighted by Crippen LogP contribution is -2.51. The van der Waals surface area contributed by atoms with E-state index in [1.165, 1.54) is 4.31 Å². The number of carbonyl (C=O) groups excluding carboxylic acids is 2. The van der Waals surface area contributed by atoms with Gasteiger partial charge in [0.2, 0.25) is 10.0 Å². The van der Waals surface area contributed by atoms with Crippen LogP contribution in [0.2, 0.25) is 0 Å². The molecule has 0 bridgehead atoms. The summed E-state index contributed by atoms with van der Waals surface area (Å²) in [5.41, 5.74) is 4.89. The molecule has 0 N–H and O–H groups in total. The Kier molecular flexibility index (Phi) is 7.06. The van der Waals surface area contributed by atoms with Gasteiger partial charge in [0, 0.05) is 26.1 Å². The van der Waals surface area contributed by atoms with E-state index in [4.69, 9.17) is 4.74 Å². The number of sulfonamides is 1. The third-order valence-electron chi connectivity index (χ3n) is 7.40. The summed E-state index contributed by atoms with van der Waals surface area (Å²) < 4.78 is 35.1. The number of hydrogen-bond acceptors (Lipinski definition) is 5. The Morgan fingerprint density at radius 2 is 1.54 bits per heavy atom. The molecule has 1 amide bonds. The Hall–Kier alpha value is -2.71. The van der Waals surface area contributed by atoms with Crippen LogP contribution in [0.15, 0.2) is 35.2 Å². The van der Waals surface area contributed by atoms with Crippen LogP contribution < -0.4 is 0 Å². The quantitative estimate of drug-likeness (QED) is 0.589. The van der Waals surface area contributed by atoms with Crippen molar-refractivity contribution >= 4 is 21.9 Å². The number of benzene rings is 2. The van der Waals surface area contributed by atoms with Crippen molar-refractivity contribution in [3.8, 4) is 0 Å². The van der Waals surface area contributed by atoms with Gasteiger partial charge in [0.25, 0.3) is 5.91 Å². The van der Waals surface area contributed by atoms with E-state index in [2.05, 4.69) is 0 Å². The summed E-state index contributed by atoms with van der Waals surface area (Å²) in [6, 6.07) is 8.47. The third-order valence-corrected chi connectivity index (χ3v) is 9.53. The van der Waals surface area contributed by atoms with Crippen LogP contribution in [0.4, 0.5) is 0 Å². The Bertz CT molecular complexity index is 1240. The fourth-order valence-electron chi connectivity index (χ4n) is 5.14. The molecule has 35 heavy (non-hydrogen) atoms. The second-order valence-corrected chi connectivity index (χ2v) is 11.6. The van der Waals surface area contributed by atoms with E-state index < -0.39 is 28.1 Å². The average Bonchev–Trinajstić information content (AvgIpc) is 3.36. The molecule has 8 heteroatoms. The molecule has 7 nitrogen and oxygen atoms in total. The van der Waals surface area contributed by atoms with E-state index in [1.807, 2.05) is 44.2 Å². The standard InChI is InChI=1S/C27H34N2O5S/c1-17-14-18(2)20(4)25(19(17)3)35(32,33)29-16-23-11-7-6-10-22(23)15-24(29)27(31)34-21(5)26(30)28-12-8-9-13-28/h6-7,10-11,14,21,24H,8-9,12-13,15-16H2,1-5H3. The third kappa shape index (κ3) is 4.74. The van der Waals surface area contributed by atoms with Gasteiger partial charge in [-0.3, -0.25) is 9.59 Å². The molecule has 4 rings (SSSR count). The molecule has 1 fully saturated rings. The molecule has 0 saturated carbocycles. The van der Waals surface area contributed by atoms with Gasteiger partial charge in [0.1, 0.15) is 6.04 Å². The number of aryl methyl sites for hydroxylation is 2. The van der Waals surface area contributed by atoms with Gasteiger partial charge in [-0.05, 0) is 80.8 Å². The number of hydrogen-bond donors (Lipinski definition) is 0. The van der Waals surface area contributed by atoms with Crippen molar-refractivity contribution in [2.75, 3.05) is 13.1 Å². The molecular formula is C27H34N2O5S. The Morgan fingerprint density at radius 3 is 2.14 bits per heavy atom. The normalized spacial score (nSPS) is 19.3. The fourth-order valence-corrected chi connectivity index (χ4v) is 7.27. The van der Waals surface area contributed by atoms with E-state index in [1.54, 1.807) is 25.7 Å². The van der Waals surface area contributed by atoms with Crippen molar-refractivity contribution in [3.63, 3.8) is 0 Å². The van der Waals surface area contributed by atoms with Gasteiger partial charge in [0.05, 0.1) is 4.90 Å². The molecule has 2 aliphatic rings. The van der Waals surface area contributed by atoms with E-state index in [-0.39, 0.29) is 23.8 Å². The molecule has 2 aromatic rings. The number of carbonyl (C=O) groups is 2. The van der Waals surface area contributed by atoms with Crippen LogP contribution in [0.3, 0.4) is 0 Å². The molecule has 2 unspecified atom stereocenters. The predicted octanol–water partition coefficient (Wildman–Crippen LogP) is 3.59. The second-order valence-electron chi connectivity index (χ2n) is 9.74. The summed E-state index contributed by atoms with van der Waals surface area (Å²) in [5, 5.41) is 0. The van der Waals surface area contributed by atoms with Gasteiger partial charge in [0.15, 0.2) is 6.10 Å². The van der Waals surface area contributed by atoms with Gasteiger partial charge in [-0.1, -0.05) is 30.3 Å². The molecule has 0 aliphatic carbocycles. The Balaban J connectivity index is 1.71. The van der Waals surface area contributed by atoms with Gasteiger partial charge in [-0.25, -0.2) is 8.42 Å². The smallest absolute Gasteiger partial charge is 0.325 e. The van der Waals surface area contributed by atoms with Crippen LogP contribution >= 0.6 is 0 Å². The number of nitrogens with zero attached hydrogens (tertiary/aromatic N) is 2. The van der Waals surface area contributed by atoms with Gasteiger partial charge >= 0.3 is 5.97 Å². The lowest BCUT2D eigenvalue weighted by Gasteiger charge is -2.36. The summed E-state index contributed by atoms with van der Waals surface area (Å²) in [5.74, 6) is -0.926. The number of esters is 1. The second kappa shape index (κ2) is 9.74. The summed E-state index contributed by atoms with van der Waals surface area (Å²) in [6.07, 6.45) is 1.10. The molecule has 2 atom stereocenters. The lowest BCUT2D eigenvalue weighted by atomic mass is 9.96. The highest BCUT2D eigenvalue weighted by Crippen LogP contribution is 2.34. The van der Waals surface area contributed by atoms with Gasteiger partial charge in [-0.2, -0.15) is 4.31 Å². The molecule has 2 aromatic carbocycles. The van der Waals surface area contributed by atoms with Crippen LogP contribution in [0, 0.1) is 27.7 Å². The van der Waals surface area contributed by atoms with Crippen molar-refractivity contribution in [2.45, 2.75) is 77.5 Å². The number of ether oxygens (including phenoxy) is 1. The van der Waals surface area contributed by atoms with Crippen LogP contribution in [0.5, 0.6) is 0 Å². The first-order chi connectivity index (χ1) is 16.5. The van der Waals surface area contributed by atoms with Crippen molar-refractivity contribution in [3.05, 3.63) is 63.7 Å². The first kappa shape index (κ1) is 25.4. The highest BCUT2D eigenvalue weighted by atomic mass is 32.2. The molecule has 2 aliphatic heterocycles. The molecule has 1 saturated heterocycles. The van der Waals surface area contributed by atoms with Gasteiger partial charge < -0.3 is 9.64 Å². The zero-order valence-electron chi connectivity index (χ0n) is 21.1. The molecule has 0 radical (unpaired) electrons. The molecule has 188 valence electrons. The first-order valence-electron chi connectivity index (χ1n) is 12.2. The summed E-state index contributed by atoms with van der Waals surface area (Å²) in [7, 11) is -4.04. The number of likely N-dealkylation sites (tertiary alicyclic amines) is 1. The summed E-state index contributed by atoms with van der Waals surface area (Å²) >= 11 is 0. The average molecular weight is 499 g/mol. The van der Waals surface area contributed by atoms with E-state index in [0.29, 0.717) is 24.2 Å². The fraction of sp³-hybridized carbons (Fsp3) is 0.481. The monoisotopic (exact) mass is 498 g/mol. The first-order valence-corrected chi connectivity index (χ1v) is 13.6. The van der Waals surface area contributed by atoms with E-state index >= 15 is 0 Å². The zero-order valence-corrected chi connectivity index (χ0v) is 21.9. The van der Waals surface area contributed by atoms with Crippen LogP contribution in [0.1, 0.15) is 53.1 Å². The minimum Gasteiger partial charge on any atom is -0.451 e. The number of rotatable bonds is 5. The minimum atomic E-state index is -4.04. The highest BCUT2D eigenvalue weighted by molar-refractivity contribution is 7.89. The number of amides is 1.